The summed E-state index contributed by atoms with van der Waals surface area (Å²) < 4.78 is 36.1. The average Bonchev–Trinajstić information content (AvgIpc) is 2.67. The van der Waals surface area contributed by atoms with Gasteiger partial charge in [-0.1, -0.05) is 31.2 Å². The highest BCUT2D eigenvalue weighted by molar-refractivity contribution is 5.17. The van der Waals surface area contributed by atoms with Crippen LogP contribution in [0.5, 0.6) is 0 Å². The maximum atomic E-state index is 13.0. The third-order valence-corrected chi connectivity index (χ3v) is 4.56. The summed E-state index contributed by atoms with van der Waals surface area (Å²) in [5, 5.41) is 0. The van der Waals surface area contributed by atoms with E-state index in [2.05, 4.69) is 19.1 Å². The van der Waals surface area contributed by atoms with E-state index in [0.717, 1.165) is 38.0 Å². The van der Waals surface area contributed by atoms with Gasteiger partial charge in [0, 0.05) is 17.4 Å². The van der Waals surface area contributed by atoms with Gasteiger partial charge in [0.2, 0.25) is 0 Å². The highest BCUT2D eigenvalue weighted by atomic mass is 19.1. The molecule has 2 aliphatic rings. The van der Waals surface area contributed by atoms with Crippen LogP contribution in [0, 0.1) is 17.7 Å². The number of ether oxygens (including phenoxy) is 4. The van der Waals surface area contributed by atoms with Crippen molar-refractivity contribution in [1.29, 1.82) is 0 Å². The second kappa shape index (κ2) is 9.43. The smallest absolute Gasteiger partial charge is 0.183 e. The van der Waals surface area contributed by atoms with Crippen molar-refractivity contribution in [2.75, 3.05) is 26.4 Å². The lowest BCUT2D eigenvalue weighted by atomic mass is 10.0. The van der Waals surface area contributed by atoms with Crippen LogP contribution in [-0.2, 0) is 18.9 Å². The Labute approximate surface area is 148 Å². The summed E-state index contributed by atoms with van der Waals surface area (Å²) in [6.07, 6.45) is 6.64. The molecule has 2 fully saturated rings. The number of hydrogen-bond donors (Lipinski definition) is 0. The largest absolute Gasteiger partial charge is 0.352 e. The van der Waals surface area contributed by atoms with Gasteiger partial charge in [-0.25, -0.2) is 4.39 Å². The quantitative estimate of drug-likeness (QED) is 0.720. The molecule has 138 valence electrons. The van der Waals surface area contributed by atoms with Crippen molar-refractivity contribution < 1.29 is 23.3 Å². The first kappa shape index (κ1) is 18.5. The Kier molecular flexibility index (Phi) is 6.99. The van der Waals surface area contributed by atoms with Gasteiger partial charge in [-0.3, -0.25) is 0 Å². The summed E-state index contributed by atoms with van der Waals surface area (Å²) in [7, 11) is 0. The minimum absolute atomic E-state index is 0.124. The van der Waals surface area contributed by atoms with Crippen molar-refractivity contribution in [3.05, 3.63) is 47.8 Å². The fraction of sp³-hybridized carbons (Fsp3) is 0.600. The van der Waals surface area contributed by atoms with Crippen molar-refractivity contribution >= 4 is 0 Å². The number of halogens is 1. The second-order valence-corrected chi connectivity index (χ2v) is 6.69. The van der Waals surface area contributed by atoms with Crippen LogP contribution in [0.2, 0.25) is 0 Å². The summed E-state index contributed by atoms with van der Waals surface area (Å²) in [6.45, 7) is 4.85. The third-order valence-electron chi connectivity index (χ3n) is 4.56. The second-order valence-electron chi connectivity index (χ2n) is 6.69. The van der Waals surface area contributed by atoms with Crippen LogP contribution >= 0.6 is 0 Å². The molecule has 1 aromatic rings. The Balaban J connectivity index is 1.34. The molecule has 2 saturated heterocycles. The summed E-state index contributed by atoms with van der Waals surface area (Å²) in [4.78, 5) is 0. The van der Waals surface area contributed by atoms with Crippen LogP contribution in [0.15, 0.2) is 36.4 Å². The van der Waals surface area contributed by atoms with E-state index in [1.165, 1.54) is 12.1 Å². The minimum atomic E-state index is -0.398. The fourth-order valence-corrected chi connectivity index (χ4v) is 3.06. The average molecular weight is 350 g/mol. The first-order valence-electron chi connectivity index (χ1n) is 9.13. The lowest BCUT2D eigenvalue weighted by molar-refractivity contribution is -0.217. The van der Waals surface area contributed by atoms with Gasteiger partial charge in [0.25, 0.3) is 0 Å². The van der Waals surface area contributed by atoms with Gasteiger partial charge in [0.15, 0.2) is 12.6 Å². The van der Waals surface area contributed by atoms with Crippen LogP contribution in [0.4, 0.5) is 4.39 Å². The van der Waals surface area contributed by atoms with E-state index in [1.54, 1.807) is 12.1 Å². The van der Waals surface area contributed by atoms with Gasteiger partial charge < -0.3 is 18.9 Å². The predicted octanol–water partition coefficient (Wildman–Crippen LogP) is 4.22. The molecule has 2 heterocycles. The molecular formula is C20H27FO4. The van der Waals surface area contributed by atoms with Crippen molar-refractivity contribution in [1.82, 2.24) is 0 Å². The minimum Gasteiger partial charge on any atom is -0.352 e. The molecule has 0 atom stereocenters. The maximum Gasteiger partial charge on any atom is 0.183 e. The predicted molar refractivity (Wildman–Crippen MR) is 92.4 cm³/mol. The standard InChI is InChI=1S/C20H27FO4/c1-2-3-4-15-11-22-19(23-12-15)10-5-16-13-24-20(25-14-16)17-6-8-18(21)9-7-17/h3-4,6-9,15-16,19-20H,2,5,10-14H2,1H3. The first-order valence-corrected chi connectivity index (χ1v) is 9.13. The zero-order chi connectivity index (χ0) is 17.5. The summed E-state index contributed by atoms with van der Waals surface area (Å²) >= 11 is 0. The van der Waals surface area contributed by atoms with Crippen LogP contribution < -0.4 is 0 Å². The molecule has 5 heteroatoms. The monoisotopic (exact) mass is 350 g/mol. The molecule has 0 bridgehead atoms. The van der Waals surface area contributed by atoms with E-state index in [0.29, 0.717) is 25.0 Å². The fourth-order valence-electron chi connectivity index (χ4n) is 3.06. The first-order chi connectivity index (χ1) is 12.2. The van der Waals surface area contributed by atoms with E-state index >= 15 is 0 Å². The molecule has 25 heavy (non-hydrogen) atoms. The Morgan fingerprint density at radius 2 is 1.64 bits per heavy atom. The van der Waals surface area contributed by atoms with Gasteiger partial charge in [0.1, 0.15) is 5.82 Å². The van der Waals surface area contributed by atoms with E-state index < -0.39 is 6.29 Å². The van der Waals surface area contributed by atoms with Gasteiger partial charge >= 0.3 is 0 Å². The topological polar surface area (TPSA) is 36.9 Å². The summed E-state index contributed by atoms with van der Waals surface area (Å²) in [5.41, 5.74) is 0.852. The zero-order valence-electron chi connectivity index (χ0n) is 14.7. The molecule has 1 aromatic carbocycles. The lowest BCUT2D eigenvalue weighted by Crippen LogP contribution is -2.33. The molecule has 2 aliphatic heterocycles. The molecule has 0 saturated carbocycles. The number of allylic oxidation sites excluding steroid dienone is 1. The number of hydrogen-bond acceptors (Lipinski definition) is 4. The van der Waals surface area contributed by atoms with Gasteiger partial charge in [-0.05, 0) is 31.4 Å². The summed E-state index contributed by atoms with van der Waals surface area (Å²) in [5.74, 6) is 0.452. The Hall–Kier alpha value is -1.27. The SMILES string of the molecule is CCC=CC1COC(CCC2COC(c3ccc(F)cc3)OC2)OC1. The van der Waals surface area contributed by atoms with E-state index in [-0.39, 0.29) is 12.1 Å². The Morgan fingerprint density at radius 3 is 2.28 bits per heavy atom. The third kappa shape index (κ3) is 5.61. The van der Waals surface area contributed by atoms with E-state index in [9.17, 15) is 4.39 Å². The molecule has 0 aliphatic carbocycles. The number of benzene rings is 1. The highest BCUT2D eigenvalue weighted by Gasteiger charge is 2.26. The van der Waals surface area contributed by atoms with Crippen LogP contribution in [0.1, 0.15) is 38.0 Å². The van der Waals surface area contributed by atoms with Crippen molar-refractivity contribution in [2.45, 2.75) is 38.8 Å². The molecule has 0 aromatic heterocycles. The van der Waals surface area contributed by atoms with E-state index in [1.807, 2.05) is 0 Å². The van der Waals surface area contributed by atoms with Crippen LogP contribution in [0.3, 0.4) is 0 Å². The Morgan fingerprint density at radius 1 is 0.960 bits per heavy atom. The van der Waals surface area contributed by atoms with Gasteiger partial charge in [0.05, 0.1) is 26.4 Å². The molecule has 0 spiro atoms. The molecule has 3 rings (SSSR count). The number of rotatable bonds is 6. The Bertz CT molecular complexity index is 529. The van der Waals surface area contributed by atoms with Crippen LogP contribution in [0.25, 0.3) is 0 Å². The maximum absolute atomic E-state index is 13.0. The molecule has 0 N–H and O–H groups in total. The molecule has 0 radical (unpaired) electrons. The van der Waals surface area contributed by atoms with Crippen molar-refractivity contribution in [3.8, 4) is 0 Å². The van der Waals surface area contributed by atoms with Crippen molar-refractivity contribution in [2.24, 2.45) is 11.8 Å². The highest BCUT2D eigenvalue weighted by Crippen LogP contribution is 2.28. The molecule has 4 nitrogen and oxygen atoms in total. The van der Waals surface area contributed by atoms with Crippen LogP contribution in [-0.4, -0.2) is 32.7 Å². The lowest BCUT2D eigenvalue weighted by Gasteiger charge is -2.32. The molecule has 0 unspecified atom stereocenters. The molecule has 0 amide bonds. The zero-order valence-corrected chi connectivity index (χ0v) is 14.7. The van der Waals surface area contributed by atoms with Gasteiger partial charge in [-0.2, -0.15) is 0 Å². The van der Waals surface area contributed by atoms with Crippen molar-refractivity contribution in [3.63, 3.8) is 0 Å². The normalized spacial score (nSPS) is 30.6. The van der Waals surface area contributed by atoms with E-state index in [4.69, 9.17) is 18.9 Å². The summed E-state index contributed by atoms with van der Waals surface area (Å²) in [6, 6.07) is 6.25. The van der Waals surface area contributed by atoms with Gasteiger partial charge in [-0.15, -0.1) is 0 Å². The molecular weight excluding hydrogens is 323 g/mol.